The maximum atomic E-state index is 11.7. The third kappa shape index (κ3) is 3.16. The van der Waals surface area contributed by atoms with Gasteiger partial charge in [-0.15, -0.1) is 16.4 Å². The molecule has 0 unspecified atom stereocenters. The molecule has 3 aromatic rings. The van der Waals surface area contributed by atoms with Crippen molar-refractivity contribution in [3.05, 3.63) is 35.6 Å². The summed E-state index contributed by atoms with van der Waals surface area (Å²) in [6, 6.07) is 5.53. The van der Waals surface area contributed by atoms with E-state index < -0.39 is 6.09 Å². The Bertz CT molecular complexity index is 767. The minimum Gasteiger partial charge on any atom is -0.443 e. The van der Waals surface area contributed by atoms with E-state index in [1.807, 2.05) is 19.1 Å². The molecule has 7 nitrogen and oxygen atoms in total. The number of fused-ring (bicyclic) bond motifs is 1. The molecule has 0 radical (unpaired) electrons. The van der Waals surface area contributed by atoms with Crippen molar-refractivity contribution >= 4 is 33.3 Å². The largest absolute Gasteiger partial charge is 0.443 e. The third-order valence-corrected chi connectivity index (χ3v) is 3.65. The van der Waals surface area contributed by atoms with Gasteiger partial charge in [-0.2, -0.15) is 0 Å². The number of aryl methyl sites for hydroxylation is 1. The maximum absolute atomic E-state index is 11.7. The van der Waals surface area contributed by atoms with Crippen LogP contribution in [0.5, 0.6) is 0 Å². The minimum atomic E-state index is -0.532. The summed E-state index contributed by atoms with van der Waals surface area (Å²) in [6.45, 7) is 2.78. The van der Waals surface area contributed by atoms with Gasteiger partial charge in [0, 0.05) is 12.2 Å². The zero-order valence-electron chi connectivity index (χ0n) is 11.3. The van der Waals surface area contributed by atoms with Crippen LogP contribution in [0.15, 0.2) is 29.9 Å². The smallest absolute Gasteiger partial charge is 0.412 e. The summed E-state index contributed by atoms with van der Waals surface area (Å²) in [6.07, 6.45) is 1.21. The zero-order valence-corrected chi connectivity index (χ0v) is 12.1. The van der Waals surface area contributed by atoms with Gasteiger partial charge in [-0.25, -0.2) is 9.78 Å². The van der Waals surface area contributed by atoms with Gasteiger partial charge in [0.15, 0.2) is 0 Å². The Balaban J connectivity index is 1.58. The van der Waals surface area contributed by atoms with Gasteiger partial charge in [0.1, 0.15) is 12.3 Å². The van der Waals surface area contributed by atoms with Crippen LogP contribution in [0.4, 0.5) is 10.5 Å². The molecule has 3 rings (SSSR count). The van der Waals surface area contributed by atoms with Gasteiger partial charge >= 0.3 is 6.09 Å². The van der Waals surface area contributed by atoms with E-state index in [1.54, 1.807) is 33.8 Å². The summed E-state index contributed by atoms with van der Waals surface area (Å²) in [5.41, 5.74) is 3.88. The number of aromatic nitrogens is 4. The number of hydrogen-bond acceptors (Lipinski definition) is 6. The molecule has 0 atom stereocenters. The van der Waals surface area contributed by atoms with Crippen molar-refractivity contribution < 1.29 is 9.53 Å². The van der Waals surface area contributed by atoms with Crippen molar-refractivity contribution in [3.63, 3.8) is 0 Å². The van der Waals surface area contributed by atoms with Gasteiger partial charge in [0.25, 0.3) is 0 Å². The highest BCUT2D eigenvalue weighted by Gasteiger charge is 2.07. The summed E-state index contributed by atoms with van der Waals surface area (Å²) in [5, 5.41) is 10.4. The highest BCUT2D eigenvalue weighted by molar-refractivity contribution is 7.16. The van der Waals surface area contributed by atoms with Crippen LogP contribution >= 0.6 is 11.3 Å². The molecule has 2 aromatic heterocycles. The van der Waals surface area contributed by atoms with Crippen LogP contribution in [0.2, 0.25) is 0 Å². The number of amides is 1. The summed E-state index contributed by atoms with van der Waals surface area (Å²) < 4.78 is 7.85. The number of benzene rings is 1. The van der Waals surface area contributed by atoms with Crippen LogP contribution in [-0.2, 0) is 17.9 Å². The van der Waals surface area contributed by atoms with Crippen molar-refractivity contribution in [3.8, 4) is 0 Å². The molecule has 0 saturated heterocycles. The lowest BCUT2D eigenvalue weighted by atomic mass is 10.3. The van der Waals surface area contributed by atoms with Crippen molar-refractivity contribution in [2.24, 2.45) is 0 Å². The molecule has 0 fully saturated rings. The quantitative estimate of drug-likeness (QED) is 0.801. The monoisotopic (exact) mass is 303 g/mol. The number of hydrogen-bond donors (Lipinski definition) is 1. The van der Waals surface area contributed by atoms with Crippen molar-refractivity contribution in [1.29, 1.82) is 0 Å². The predicted octanol–water partition coefficient (Wildman–Crippen LogP) is 2.66. The van der Waals surface area contributed by atoms with E-state index in [9.17, 15) is 4.79 Å². The molecule has 0 aliphatic carbocycles. The molecule has 0 bridgehead atoms. The number of ether oxygens (including phenoxy) is 1. The first-order valence-electron chi connectivity index (χ1n) is 6.40. The van der Waals surface area contributed by atoms with Gasteiger partial charge in [0.05, 0.1) is 21.9 Å². The summed E-state index contributed by atoms with van der Waals surface area (Å²) in [4.78, 5) is 15.9. The first-order chi connectivity index (χ1) is 10.2. The molecule has 1 aromatic carbocycles. The molecule has 108 valence electrons. The van der Waals surface area contributed by atoms with E-state index in [0.717, 1.165) is 16.8 Å². The summed E-state index contributed by atoms with van der Waals surface area (Å²) in [5.74, 6) is 0. The summed E-state index contributed by atoms with van der Waals surface area (Å²) >= 11 is 1.55. The Morgan fingerprint density at radius 1 is 1.48 bits per heavy atom. The molecule has 0 saturated carbocycles. The SMILES string of the molecule is CCn1cc(COC(=O)Nc2ccc3scnc3c2)nn1. The molecule has 1 amide bonds. The lowest BCUT2D eigenvalue weighted by molar-refractivity contribution is 0.153. The Kier molecular flexibility index (Phi) is 3.78. The molecule has 2 heterocycles. The van der Waals surface area contributed by atoms with Crippen LogP contribution in [0.3, 0.4) is 0 Å². The second-order valence-corrected chi connectivity index (χ2v) is 5.19. The number of anilines is 1. The van der Waals surface area contributed by atoms with Crippen molar-refractivity contribution in [2.75, 3.05) is 5.32 Å². The van der Waals surface area contributed by atoms with Crippen LogP contribution < -0.4 is 5.32 Å². The van der Waals surface area contributed by atoms with E-state index in [4.69, 9.17) is 4.74 Å². The molecular weight excluding hydrogens is 290 g/mol. The van der Waals surface area contributed by atoms with Gasteiger partial charge in [0.2, 0.25) is 0 Å². The van der Waals surface area contributed by atoms with Crippen molar-refractivity contribution in [1.82, 2.24) is 20.0 Å². The number of carbonyl (C=O) groups is 1. The minimum absolute atomic E-state index is 0.0881. The fraction of sp³-hybridized carbons (Fsp3) is 0.231. The highest BCUT2D eigenvalue weighted by atomic mass is 32.1. The number of thiazole rings is 1. The fourth-order valence-electron chi connectivity index (χ4n) is 1.79. The molecule has 21 heavy (non-hydrogen) atoms. The fourth-order valence-corrected chi connectivity index (χ4v) is 2.45. The van der Waals surface area contributed by atoms with Crippen molar-refractivity contribution in [2.45, 2.75) is 20.1 Å². The van der Waals surface area contributed by atoms with E-state index in [0.29, 0.717) is 11.4 Å². The molecule has 8 heteroatoms. The molecule has 0 aliphatic heterocycles. The normalized spacial score (nSPS) is 10.7. The third-order valence-electron chi connectivity index (χ3n) is 2.84. The number of carbonyl (C=O) groups excluding carboxylic acids is 1. The van der Waals surface area contributed by atoms with E-state index in [2.05, 4.69) is 20.6 Å². The zero-order chi connectivity index (χ0) is 14.7. The van der Waals surface area contributed by atoms with E-state index in [1.165, 1.54) is 0 Å². The topological polar surface area (TPSA) is 81.9 Å². The first-order valence-corrected chi connectivity index (χ1v) is 7.28. The Morgan fingerprint density at radius 2 is 2.38 bits per heavy atom. The van der Waals surface area contributed by atoms with Gasteiger partial charge in [-0.1, -0.05) is 5.21 Å². The van der Waals surface area contributed by atoms with E-state index in [-0.39, 0.29) is 6.61 Å². The molecule has 1 N–H and O–H groups in total. The average molecular weight is 303 g/mol. The second-order valence-electron chi connectivity index (χ2n) is 4.30. The Morgan fingerprint density at radius 3 is 3.19 bits per heavy atom. The standard InChI is InChI=1S/C13H13N5O2S/c1-2-18-6-10(16-17-18)7-20-13(19)15-9-3-4-12-11(5-9)14-8-21-12/h3-6,8H,2,7H2,1H3,(H,15,19). The first kappa shape index (κ1) is 13.5. The number of nitrogens with zero attached hydrogens (tertiary/aromatic N) is 4. The van der Waals surface area contributed by atoms with Crippen LogP contribution in [0, 0.1) is 0 Å². The maximum Gasteiger partial charge on any atom is 0.412 e. The van der Waals surface area contributed by atoms with Crippen LogP contribution in [-0.4, -0.2) is 26.1 Å². The molecular formula is C13H13N5O2S. The van der Waals surface area contributed by atoms with Crippen LogP contribution in [0.1, 0.15) is 12.6 Å². The van der Waals surface area contributed by atoms with E-state index >= 15 is 0 Å². The Hall–Kier alpha value is -2.48. The van der Waals surface area contributed by atoms with Crippen LogP contribution in [0.25, 0.3) is 10.2 Å². The van der Waals surface area contributed by atoms with Gasteiger partial charge in [-0.05, 0) is 25.1 Å². The summed E-state index contributed by atoms with van der Waals surface area (Å²) in [7, 11) is 0. The second kappa shape index (κ2) is 5.88. The number of nitrogens with one attached hydrogen (secondary N) is 1. The lowest BCUT2D eigenvalue weighted by Crippen LogP contribution is -2.13. The van der Waals surface area contributed by atoms with Gasteiger partial charge in [-0.3, -0.25) is 10.00 Å². The molecule has 0 spiro atoms. The number of rotatable bonds is 4. The average Bonchev–Trinajstić information content (AvgIpc) is 3.13. The lowest BCUT2D eigenvalue weighted by Gasteiger charge is -2.05. The Labute approximate surface area is 124 Å². The molecule has 0 aliphatic rings. The predicted molar refractivity (Wildman–Crippen MR) is 79.1 cm³/mol. The highest BCUT2D eigenvalue weighted by Crippen LogP contribution is 2.21. The van der Waals surface area contributed by atoms with Gasteiger partial charge < -0.3 is 4.74 Å².